The molecule has 0 atom stereocenters. The predicted octanol–water partition coefficient (Wildman–Crippen LogP) is 0.635. The van der Waals surface area contributed by atoms with Crippen LogP contribution in [0.4, 0.5) is 0 Å². The van der Waals surface area contributed by atoms with Crippen LogP contribution < -0.4 is 5.56 Å². The SMILES string of the molecule is CCCCC(=O)N1CCCN(C(=O)c2ccc(=O)[nH]n2)CC1. The van der Waals surface area contributed by atoms with E-state index in [9.17, 15) is 14.4 Å². The highest BCUT2D eigenvalue weighted by molar-refractivity contribution is 5.92. The highest BCUT2D eigenvalue weighted by atomic mass is 16.2. The Labute approximate surface area is 129 Å². The second kappa shape index (κ2) is 7.72. The van der Waals surface area contributed by atoms with E-state index in [0.29, 0.717) is 32.6 Å². The van der Waals surface area contributed by atoms with E-state index in [1.165, 1.54) is 12.1 Å². The Morgan fingerprint density at radius 3 is 2.59 bits per heavy atom. The summed E-state index contributed by atoms with van der Waals surface area (Å²) >= 11 is 0. The lowest BCUT2D eigenvalue weighted by molar-refractivity contribution is -0.131. The van der Waals surface area contributed by atoms with E-state index in [1.54, 1.807) is 4.90 Å². The number of rotatable bonds is 4. The summed E-state index contributed by atoms with van der Waals surface area (Å²) in [4.78, 5) is 38.9. The maximum atomic E-state index is 12.4. The molecule has 7 heteroatoms. The molecule has 1 saturated heterocycles. The van der Waals surface area contributed by atoms with Gasteiger partial charge in [-0.3, -0.25) is 14.4 Å². The number of hydrogen-bond donors (Lipinski definition) is 1. The van der Waals surface area contributed by atoms with E-state index < -0.39 is 0 Å². The topological polar surface area (TPSA) is 86.4 Å². The fourth-order valence-corrected chi connectivity index (χ4v) is 2.48. The summed E-state index contributed by atoms with van der Waals surface area (Å²) in [5, 5.41) is 6.04. The summed E-state index contributed by atoms with van der Waals surface area (Å²) in [5.74, 6) is -0.0441. The van der Waals surface area contributed by atoms with E-state index in [4.69, 9.17) is 0 Å². The quantitative estimate of drug-likeness (QED) is 0.884. The van der Waals surface area contributed by atoms with Crippen molar-refractivity contribution >= 4 is 11.8 Å². The maximum absolute atomic E-state index is 12.4. The van der Waals surface area contributed by atoms with Gasteiger partial charge in [0.1, 0.15) is 5.69 Å². The molecule has 7 nitrogen and oxygen atoms in total. The first-order chi connectivity index (χ1) is 10.6. The fourth-order valence-electron chi connectivity index (χ4n) is 2.48. The van der Waals surface area contributed by atoms with Crippen LogP contribution in [-0.2, 0) is 4.79 Å². The molecular weight excluding hydrogens is 284 g/mol. The minimum absolute atomic E-state index is 0.165. The molecule has 120 valence electrons. The van der Waals surface area contributed by atoms with Crippen molar-refractivity contribution in [3.05, 3.63) is 28.2 Å². The third kappa shape index (κ3) is 4.16. The van der Waals surface area contributed by atoms with Crippen LogP contribution in [0, 0.1) is 0 Å². The molecule has 2 rings (SSSR count). The Balaban J connectivity index is 1.95. The normalized spacial score (nSPS) is 15.5. The molecule has 0 unspecified atom stereocenters. The van der Waals surface area contributed by atoms with Crippen LogP contribution in [0.2, 0.25) is 0 Å². The standard InChI is InChI=1S/C15H22N4O3/c1-2-3-5-14(21)18-8-4-9-19(11-10-18)15(22)12-6-7-13(20)17-16-12/h6-7H,2-5,8-11H2,1H3,(H,17,20). The third-order valence-electron chi connectivity index (χ3n) is 3.78. The Kier molecular flexibility index (Phi) is 5.68. The molecule has 2 amide bonds. The van der Waals surface area contributed by atoms with Crippen LogP contribution in [0.3, 0.4) is 0 Å². The Morgan fingerprint density at radius 1 is 1.18 bits per heavy atom. The number of carbonyl (C=O) groups is 2. The van der Waals surface area contributed by atoms with Crippen molar-refractivity contribution in [3.8, 4) is 0 Å². The van der Waals surface area contributed by atoms with Crippen LogP contribution in [-0.4, -0.2) is 58.0 Å². The van der Waals surface area contributed by atoms with Crippen LogP contribution in [0.1, 0.15) is 43.1 Å². The van der Waals surface area contributed by atoms with Gasteiger partial charge < -0.3 is 9.80 Å². The maximum Gasteiger partial charge on any atom is 0.274 e. The highest BCUT2D eigenvalue weighted by Gasteiger charge is 2.23. The molecule has 0 spiro atoms. The zero-order chi connectivity index (χ0) is 15.9. The van der Waals surface area contributed by atoms with Crippen LogP contribution in [0.5, 0.6) is 0 Å². The number of aromatic amines is 1. The van der Waals surface area contributed by atoms with Gasteiger partial charge >= 0.3 is 0 Å². The van der Waals surface area contributed by atoms with E-state index >= 15 is 0 Å². The van der Waals surface area contributed by atoms with Crippen LogP contribution >= 0.6 is 0 Å². The van der Waals surface area contributed by atoms with Crippen molar-refractivity contribution in [2.24, 2.45) is 0 Å². The number of nitrogens with zero attached hydrogens (tertiary/aromatic N) is 3. The molecule has 22 heavy (non-hydrogen) atoms. The van der Waals surface area contributed by atoms with Crippen molar-refractivity contribution in [2.75, 3.05) is 26.2 Å². The van der Waals surface area contributed by atoms with Crippen molar-refractivity contribution in [3.63, 3.8) is 0 Å². The number of aromatic nitrogens is 2. The number of H-pyrrole nitrogens is 1. The number of hydrogen-bond acceptors (Lipinski definition) is 4. The van der Waals surface area contributed by atoms with Gasteiger partial charge in [-0.05, 0) is 18.9 Å². The molecule has 1 N–H and O–H groups in total. The molecule has 2 heterocycles. The molecule has 0 aromatic carbocycles. The zero-order valence-electron chi connectivity index (χ0n) is 12.9. The minimum Gasteiger partial charge on any atom is -0.341 e. The van der Waals surface area contributed by atoms with E-state index in [0.717, 1.165) is 19.3 Å². The number of nitrogens with one attached hydrogen (secondary N) is 1. The summed E-state index contributed by atoms with van der Waals surface area (Å²) < 4.78 is 0. The largest absolute Gasteiger partial charge is 0.341 e. The summed E-state index contributed by atoms with van der Waals surface area (Å²) in [6, 6.07) is 2.72. The third-order valence-corrected chi connectivity index (χ3v) is 3.78. The Bertz CT molecular complexity index is 564. The Hall–Kier alpha value is -2.18. The Morgan fingerprint density at radius 2 is 1.91 bits per heavy atom. The van der Waals surface area contributed by atoms with Gasteiger partial charge in [0, 0.05) is 38.7 Å². The highest BCUT2D eigenvalue weighted by Crippen LogP contribution is 2.09. The summed E-state index contributed by atoms with van der Waals surface area (Å²) in [6.45, 7) is 4.39. The predicted molar refractivity (Wildman–Crippen MR) is 81.5 cm³/mol. The van der Waals surface area contributed by atoms with Gasteiger partial charge in [0.05, 0.1) is 0 Å². The second-order valence-corrected chi connectivity index (χ2v) is 5.44. The first-order valence-electron chi connectivity index (χ1n) is 7.74. The molecule has 0 radical (unpaired) electrons. The summed E-state index contributed by atoms with van der Waals surface area (Å²) in [5.41, 5.74) is -0.106. The molecule has 1 fully saturated rings. The summed E-state index contributed by atoms with van der Waals surface area (Å²) in [7, 11) is 0. The van der Waals surface area contributed by atoms with Crippen LogP contribution in [0.15, 0.2) is 16.9 Å². The van der Waals surface area contributed by atoms with E-state index in [-0.39, 0.29) is 23.1 Å². The second-order valence-electron chi connectivity index (χ2n) is 5.44. The van der Waals surface area contributed by atoms with E-state index in [1.807, 2.05) is 4.90 Å². The lowest BCUT2D eigenvalue weighted by Crippen LogP contribution is -2.37. The molecule has 1 aromatic heterocycles. The lowest BCUT2D eigenvalue weighted by atomic mass is 10.2. The average Bonchev–Trinajstić information content (AvgIpc) is 2.78. The van der Waals surface area contributed by atoms with Gasteiger partial charge in [-0.25, -0.2) is 5.10 Å². The van der Waals surface area contributed by atoms with Gasteiger partial charge in [-0.2, -0.15) is 5.10 Å². The van der Waals surface area contributed by atoms with Gasteiger partial charge in [0.15, 0.2) is 0 Å². The van der Waals surface area contributed by atoms with Crippen molar-refractivity contribution in [2.45, 2.75) is 32.6 Å². The van der Waals surface area contributed by atoms with Gasteiger partial charge in [0.2, 0.25) is 5.91 Å². The molecule has 1 aliphatic rings. The number of unbranched alkanes of at least 4 members (excludes halogenated alkanes) is 1. The number of amides is 2. The van der Waals surface area contributed by atoms with Gasteiger partial charge in [-0.15, -0.1) is 0 Å². The first-order valence-corrected chi connectivity index (χ1v) is 7.74. The van der Waals surface area contributed by atoms with Crippen molar-refractivity contribution < 1.29 is 9.59 Å². The average molecular weight is 306 g/mol. The van der Waals surface area contributed by atoms with Gasteiger partial charge in [-0.1, -0.05) is 13.3 Å². The fraction of sp³-hybridized carbons (Fsp3) is 0.600. The molecule has 0 aliphatic carbocycles. The minimum atomic E-state index is -0.333. The van der Waals surface area contributed by atoms with Crippen LogP contribution in [0.25, 0.3) is 0 Å². The molecule has 0 saturated carbocycles. The van der Waals surface area contributed by atoms with Crippen molar-refractivity contribution in [1.29, 1.82) is 0 Å². The van der Waals surface area contributed by atoms with E-state index in [2.05, 4.69) is 17.1 Å². The monoisotopic (exact) mass is 306 g/mol. The first kappa shape index (κ1) is 16.2. The molecule has 1 aromatic rings. The zero-order valence-corrected chi connectivity index (χ0v) is 12.9. The summed E-state index contributed by atoms with van der Waals surface area (Å²) in [6.07, 6.45) is 3.24. The molecular formula is C15H22N4O3. The van der Waals surface area contributed by atoms with Gasteiger partial charge in [0.25, 0.3) is 11.5 Å². The van der Waals surface area contributed by atoms with Crippen molar-refractivity contribution in [1.82, 2.24) is 20.0 Å². The smallest absolute Gasteiger partial charge is 0.274 e. The molecule has 1 aliphatic heterocycles. The number of carbonyl (C=O) groups excluding carboxylic acids is 2. The molecule has 0 bridgehead atoms. The lowest BCUT2D eigenvalue weighted by Gasteiger charge is -2.22.